The number of aryl methyl sites for hydroxylation is 1. The molecule has 0 unspecified atom stereocenters. The smallest absolute Gasteiger partial charge is 0.311 e. The number of para-hydroxylation sites is 1. The second-order valence-electron chi connectivity index (χ2n) is 4.24. The molecule has 0 atom stereocenters. The van der Waals surface area contributed by atoms with Gasteiger partial charge in [0.15, 0.2) is 0 Å². The summed E-state index contributed by atoms with van der Waals surface area (Å²) in [5.41, 5.74) is 6.92. The monoisotopic (exact) mass is 292 g/mol. The van der Waals surface area contributed by atoms with Gasteiger partial charge in [0.1, 0.15) is 5.75 Å². The van der Waals surface area contributed by atoms with Crippen LogP contribution in [0, 0.1) is 17.0 Å². The molecule has 2 rings (SSSR count). The van der Waals surface area contributed by atoms with Crippen LogP contribution < -0.4 is 10.5 Å². The largest absolute Gasteiger partial charge is 0.450 e. The number of nitro benzene ring substituents is 1. The van der Waals surface area contributed by atoms with Gasteiger partial charge in [-0.15, -0.1) is 0 Å². The highest BCUT2D eigenvalue weighted by Gasteiger charge is 2.18. The predicted octanol–water partition coefficient (Wildman–Crippen LogP) is 3.81. The van der Waals surface area contributed by atoms with E-state index in [9.17, 15) is 10.1 Å². The Morgan fingerprint density at radius 2 is 2.10 bits per heavy atom. The molecule has 0 bridgehead atoms. The topological polar surface area (TPSA) is 78.4 Å². The molecule has 104 valence electrons. The number of benzene rings is 2. The summed E-state index contributed by atoms with van der Waals surface area (Å²) < 4.78 is 5.70. The first-order valence-corrected chi connectivity index (χ1v) is 6.31. The van der Waals surface area contributed by atoms with Gasteiger partial charge >= 0.3 is 5.69 Å². The molecular formula is C14H13ClN2O3. The van der Waals surface area contributed by atoms with Crippen molar-refractivity contribution in [2.75, 3.05) is 0 Å². The van der Waals surface area contributed by atoms with Crippen molar-refractivity contribution in [3.8, 4) is 11.5 Å². The number of hydrogen-bond donors (Lipinski definition) is 1. The first-order valence-electron chi connectivity index (χ1n) is 5.93. The molecule has 0 aromatic heterocycles. The van der Waals surface area contributed by atoms with Crippen LogP contribution in [0.3, 0.4) is 0 Å². The van der Waals surface area contributed by atoms with Gasteiger partial charge in [0, 0.05) is 23.2 Å². The summed E-state index contributed by atoms with van der Waals surface area (Å²) in [7, 11) is 0. The molecular weight excluding hydrogens is 280 g/mol. The lowest BCUT2D eigenvalue weighted by Gasteiger charge is -2.12. The minimum absolute atomic E-state index is 0.0806. The second kappa shape index (κ2) is 5.90. The Morgan fingerprint density at radius 3 is 2.75 bits per heavy atom. The predicted molar refractivity (Wildman–Crippen MR) is 77.3 cm³/mol. The van der Waals surface area contributed by atoms with Crippen molar-refractivity contribution in [1.82, 2.24) is 0 Å². The SMILES string of the molecule is Cc1cccc([N+](=O)[O-])c1Oc1ccc(Cl)cc1CN. The van der Waals surface area contributed by atoms with Crippen LogP contribution in [-0.2, 0) is 6.54 Å². The van der Waals surface area contributed by atoms with E-state index in [0.29, 0.717) is 21.9 Å². The van der Waals surface area contributed by atoms with Gasteiger partial charge in [0.2, 0.25) is 5.75 Å². The van der Waals surface area contributed by atoms with Gasteiger partial charge in [-0.1, -0.05) is 23.7 Å². The van der Waals surface area contributed by atoms with E-state index >= 15 is 0 Å². The molecule has 20 heavy (non-hydrogen) atoms. The molecule has 0 saturated carbocycles. The van der Waals surface area contributed by atoms with Gasteiger partial charge in [0.25, 0.3) is 0 Å². The van der Waals surface area contributed by atoms with E-state index in [1.807, 2.05) is 0 Å². The van der Waals surface area contributed by atoms with E-state index in [2.05, 4.69) is 0 Å². The molecule has 0 fully saturated rings. The third kappa shape index (κ3) is 2.89. The maximum atomic E-state index is 11.1. The maximum Gasteiger partial charge on any atom is 0.311 e. The molecule has 6 heteroatoms. The number of rotatable bonds is 4. The Labute approximate surface area is 121 Å². The number of hydrogen-bond acceptors (Lipinski definition) is 4. The summed E-state index contributed by atoms with van der Waals surface area (Å²) in [5.74, 6) is 0.684. The van der Waals surface area contributed by atoms with E-state index in [1.54, 1.807) is 37.3 Å². The Kier molecular flexibility index (Phi) is 4.22. The van der Waals surface area contributed by atoms with Crippen LogP contribution in [0.15, 0.2) is 36.4 Å². The second-order valence-corrected chi connectivity index (χ2v) is 4.67. The quantitative estimate of drug-likeness (QED) is 0.686. The van der Waals surface area contributed by atoms with E-state index in [0.717, 1.165) is 0 Å². The highest BCUT2D eigenvalue weighted by Crippen LogP contribution is 2.36. The van der Waals surface area contributed by atoms with Crippen molar-refractivity contribution in [3.63, 3.8) is 0 Å². The molecule has 0 saturated heterocycles. The minimum atomic E-state index is -0.472. The fraction of sp³-hybridized carbons (Fsp3) is 0.143. The van der Waals surface area contributed by atoms with Gasteiger partial charge in [0.05, 0.1) is 4.92 Å². The summed E-state index contributed by atoms with van der Waals surface area (Å²) in [6, 6.07) is 9.76. The van der Waals surface area contributed by atoms with E-state index in [-0.39, 0.29) is 18.0 Å². The highest BCUT2D eigenvalue weighted by molar-refractivity contribution is 6.30. The average molecular weight is 293 g/mol. The summed E-state index contributed by atoms with van der Waals surface area (Å²) in [4.78, 5) is 10.6. The Balaban J connectivity index is 2.47. The molecule has 0 aliphatic rings. The van der Waals surface area contributed by atoms with Crippen LogP contribution >= 0.6 is 11.6 Å². The molecule has 2 aromatic rings. The summed E-state index contributed by atoms with van der Waals surface area (Å²) in [6.07, 6.45) is 0. The molecule has 0 heterocycles. The number of nitrogens with zero attached hydrogens (tertiary/aromatic N) is 1. The zero-order valence-electron chi connectivity index (χ0n) is 10.8. The van der Waals surface area contributed by atoms with Gasteiger partial charge in [-0.25, -0.2) is 0 Å². The van der Waals surface area contributed by atoms with Crippen LogP contribution in [0.4, 0.5) is 5.69 Å². The average Bonchev–Trinajstić information content (AvgIpc) is 2.42. The van der Waals surface area contributed by atoms with Gasteiger partial charge in [-0.3, -0.25) is 10.1 Å². The van der Waals surface area contributed by atoms with Crippen molar-refractivity contribution in [2.24, 2.45) is 5.73 Å². The third-order valence-electron chi connectivity index (χ3n) is 2.84. The van der Waals surface area contributed by atoms with Crippen LogP contribution in [0.2, 0.25) is 5.02 Å². The number of halogens is 1. The van der Waals surface area contributed by atoms with Crippen molar-refractivity contribution < 1.29 is 9.66 Å². The van der Waals surface area contributed by atoms with Gasteiger partial charge in [-0.05, 0) is 30.7 Å². The lowest BCUT2D eigenvalue weighted by Crippen LogP contribution is -2.01. The first-order chi connectivity index (χ1) is 9.52. The van der Waals surface area contributed by atoms with Crippen molar-refractivity contribution in [2.45, 2.75) is 13.5 Å². The zero-order chi connectivity index (χ0) is 14.7. The summed E-state index contributed by atoms with van der Waals surface area (Å²) in [6.45, 7) is 1.98. The molecule has 0 aliphatic carbocycles. The van der Waals surface area contributed by atoms with Crippen molar-refractivity contribution in [3.05, 3.63) is 62.7 Å². The lowest BCUT2D eigenvalue weighted by atomic mass is 10.1. The van der Waals surface area contributed by atoms with E-state index < -0.39 is 4.92 Å². The van der Waals surface area contributed by atoms with Gasteiger partial charge < -0.3 is 10.5 Å². The fourth-order valence-corrected chi connectivity index (χ4v) is 2.03. The lowest BCUT2D eigenvalue weighted by molar-refractivity contribution is -0.385. The number of ether oxygens (including phenoxy) is 1. The summed E-state index contributed by atoms with van der Waals surface area (Å²) in [5, 5.41) is 11.6. The summed E-state index contributed by atoms with van der Waals surface area (Å²) >= 11 is 5.89. The normalized spacial score (nSPS) is 10.3. The van der Waals surface area contributed by atoms with Crippen LogP contribution in [0.1, 0.15) is 11.1 Å². The number of nitrogens with two attached hydrogens (primary N) is 1. The molecule has 0 spiro atoms. The van der Waals surface area contributed by atoms with Gasteiger partial charge in [-0.2, -0.15) is 0 Å². The fourth-order valence-electron chi connectivity index (χ4n) is 1.83. The van der Waals surface area contributed by atoms with Crippen LogP contribution in [0.25, 0.3) is 0 Å². The number of nitro groups is 1. The third-order valence-corrected chi connectivity index (χ3v) is 3.08. The first kappa shape index (κ1) is 14.3. The van der Waals surface area contributed by atoms with Crippen molar-refractivity contribution in [1.29, 1.82) is 0 Å². The molecule has 0 radical (unpaired) electrons. The van der Waals surface area contributed by atoms with E-state index in [4.69, 9.17) is 22.1 Å². The standard InChI is InChI=1S/C14H13ClN2O3/c1-9-3-2-4-12(17(18)19)14(9)20-13-6-5-11(15)7-10(13)8-16/h2-7H,8,16H2,1H3. The minimum Gasteiger partial charge on any atom is -0.450 e. The molecule has 0 amide bonds. The molecule has 2 N–H and O–H groups in total. The van der Waals surface area contributed by atoms with Crippen LogP contribution in [0.5, 0.6) is 11.5 Å². The Hall–Kier alpha value is -2.11. The Bertz CT molecular complexity index is 659. The maximum absolute atomic E-state index is 11.1. The molecule has 5 nitrogen and oxygen atoms in total. The molecule has 0 aliphatic heterocycles. The highest BCUT2D eigenvalue weighted by atomic mass is 35.5. The van der Waals surface area contributed by atoms with Crippen LogP contribution in [-0.4, -0.2) is 4.92 Å². The Morgan fingerprint density at radius 1 is 1.35 bits per heavy atom. The van der Waals surface area contributed by atoms with E-state index in [1.165, 1.54) is 6.07 Å². The van der Waals surface area contributed by atoms with Crippen molar-refractivity contribution >= 4 is 17.3 Å². The zero-order valence-corrected chi connectivity index (χ0v) is 11.6. The molecule has 2 aromatic carbocycles.